The van der Waals surface area contributed by atoms with Gasteiger partial charge in [0.25, 0.3) is 0 Å². The van der Waals surface area contributed by atoms with E-state index in [0.717, 1.165) is 27.8 Å². The second kappa shape index (κ2) is 9.45. The van der Waals surface area contributed by atoms with E-state index in [9.17, 15) is 13.2 Å². The number of amides is 1. The summed E-state index contributed by atoms with van der Waals surface area (Å²) >= 11 is 0. The lowest BCUT2D eigenvalue weighted by Crippen LogP contribution is -2.37. The molecule has 0 aromatic heterocycles. The van der Waals surface area contributed by atoms with Gasteiger partial charge in [-0.3, -0.25) is 4.79 Å². The molecule has 0 bridgehead atoms. The highest BCUT2D eigenvalue weighted by Crippen LogP contribution is 2.20. The van der Waals surface area contributed by atoms with Gasteiger partial charge in [-0.15, -0.1) is 0 Å². The standard InChI is InChI=1S/C25H28N2O3S/c1-18-8-10-24(11-9-18)31(29,30)27(16-22-7-5-6-19(2)13-22)17-25(28)26-23-14-20(3)12-21(4)15-23/h5-15H,16-17H2,1-4H3,(H,26,28). The van der Waals surface area contributed by atoms with Crippen LogP contribution < -0.4 is 5.32 Å². The van der Waals surface area contributed by atoms with Crippen LogP contribution in [0.3, 0.4) is 0 Å². The Balaban J connectivity index is 1.89. The van der Waals surface area contributed by atoms with Crippen LogP contribution in [-0.2, 0) is 21.4 Å². The summed E-state index contributed by atoms with van der Waals surface area (Å²) in [5.74, 6) is -0.381. The number of rotatable bonds is 7. The third-order valence-electron chi connectivity index (χ3n) is 4.93. The zero-order chi connectivity index (χ0) is 22.6. The fourth-order valence-electron chi connectivity index (χ4n) is 3.51. The van der Waals surface area contributed by atoms with Crippen molar-refractivity contribution in [2.75, 3.05) is 11.9 Å². The minimum absolute atomic E-state index is 0.109. The van der Waals surface area contributed by atoms with E-state index < -0.39 is 10.0 Å². The number of anilines is 1. The molecule has 6 heteroatoms. The topological polar surface area (TPSA) is 66.5 Å². The van der Waals surface area contributed by atoms with Gasteiger partial charge in [0.2, 0.25) is 15.9 Å². The van der Waals surface area contributed by atoms with Gasteiger partial charge in [-0.1, -0.05) is 53.6 Å². The van der Waals surface area contributed by atoms with Gasteiger partial charge in [0.05, 0.1) is 11.4 Å². The van der Waals surface area contributed by atoms with Gasteiger partial charge in [-0.2, -0.15) is 4.31 Å². The first-order chi connectivity index (χ1) is 14.6. The van der Waals surface area contributed by atoms with E-state index in [1.807, 2.05) is 70.2 Å². The molecular weight excluding hydrogens is 408 g/mol. The highest BCUT2D eigenvalue weighted by molar-refractivity contribution is 7.89. The van der Waals surface area contributed by atoms with Crippen LogP contribution in [0.5, 0.6) is 0 Å². The summed E-state index contributed by atoms with van der Waals surface area (Å²) in [7, 11) is -3.86. The van der Waals surface area contributed by atoms with Gasteiger partial charge in [-0.25, -0.2) is 8.42 Å². The molecule has 0 aliphatic carbocycles. The van der Waals surface area contributed by atoms with Crippen molar-refractivity contribution in [1.29, 1.82) is 0 Å². The number of hydrogen-bond acceptors (Lipinski definition) is 3. The molecule has 3 rings (SSSR count). The molecule has 0 unspecified atom stereocenters. The van der Waals surface area contributed by atoms with Crippen molar-refractivity contribution in [2.45, 2.75) is 39.1 Å². The van der Waals surface area contributed by atoms with E-state index in [-0.39, 0.29) is 23.9 Å². The minimum atomic E-state index is -3.86. The first-order valence-corrected chi connectivity index (χ1v) is 11.6. The molecule has 3 aromatic carbocycles. The Labute approximate surface area is 184 Å². The fraction of sp³-hybridized carbons (Fsp3) is 0.240. The van der Waals surface area contributed by atoms with E-state index in [1.54, 1.807) is 24.3 Å². The third-order valence-corrected chi connectivity index (χ3v) is 6.73. The van der Waals surface area contributed by atoms with Crippen LogP contribution in [0.1, 0.15) is 27.8 Å². The summed E-state index contributed by atoms with van der Waals surface area (Å²) < 4.78 is 28.0. The van der Waals surface area contributed by atoms with Gasteiger partial charge in [0.15, 0.2) is 0 Å². The number of aryl methyl sites for hydroxylation is 4. The highest BCUT2D eigenvalue weighted by atomic mass is 32.2. The van der Waals surface area contributed by atoms with Crippen molar-refractivity contribution in [1.82, 2.24) is 4.31 Å². The summed E-state index contributed by atoms with van der Waals surface area (Å²) in [6, 6.07) is 20.1. The Morgan fingerprint density at radius 1 is 0.806 bits per heavy atom. The molecule has 0 fully saturated rings. The molecule has 5 nitrogen and oxygen atoms in total. The van der Waals surface area contributed by atoms with Gasteiger partial charge in [-0.05, 0) is 68.7 Å². The van der Waals surface area contributed by atoms with Gasteiger partial charge in [0, 0.05) is 12.2 Å². The van der Waals surface area contributed by atoms with Crippen LogP contribution in [0.25, 0.3) is 0 Å². The molecule has 0 atom stereocenters. The number of benzene rings is 3. The predicted molar refractivity (Wildman–Crippen MR) is 124 cm³/mol. The van der Waals surface area contributed by atoms with Crippen molar-refractivity contribution in [3.8, 4) is 0 Å². The van der Waals surface area contributed by atoms with Crippen molar-refractivity contribution in [2.24, 2.45) is 0 Å². The first-order valence-electron chi connectivity index (χ1n) is 10.1. The second-order valence-corrected chi connectivity index (χ2v) is 9.94. The van der Waals surface area contributed by atoms with E-state index in [4.69, 9.17) is 0 Å². The fourth-order valence-corrected chi connectivity index (χ4v) is 4.89. The number of sulfonamides is 1. The third kappa shape index (κ3) is 6.03. The summed E-state index contributed by atoms with van der Waals surface area (Å²) in [6.45, 7) is 7.59. The molecule has 162 valence electrons. The van der Waals surface area contributed by atoms with Crippen molar-refractivity contribution < 1.29 is 13.2 Å². The molecule has 3 aromatic rings. The maximum absolute atomic E-state index is 13.4. The Hall–Kier alpha value is -2.96. The predicted octanol–water partition coefficient (Wildman–Crippen LogP) is 4.75. The van der Waals surface area contributed by atoms with E-state index >= 15 is 0 Å². The lowest BCUT2D eigenvalue weighted by atomic mass is 10.1. The Bertz CT molecular complexity index is 1170. The molecule has 1 amide bonds. The number of hydrogen-bond donors (Lipinski definition) is 1. The van der Waals surface area contributed by atoms with Gasteiger partial charge in [0.1, 0.15) is 0 Å². The summed E-state index contributed by atoms with van der Waals surface area (Å²) in [4.78, 5) is 13.0. The van der Waals surface area contributed by atoms with Crippen molar-refractivity contribution in [3.05, 3.63) is 94.5 Å². The van der Waals surface area contributed by atoms with Crippen LogP contribution in [0, 0.1) is 27.7 Å². The average molecular weight is 437 g/mol. The van der Waals surface area contributed by atoms with E-state index in [2.05, 4.69) is 5.32 Å². The zero-order valence-electron chi connectivity index (χ0n) is 18.3. The molecular formula is C25H28N2O3S. The summed E-state index contributed by atoms with van der Waals surface area (Å²) in [5.41, 5.74) is 5.54. The molecule has 0 saturated heterocycles. The molecule has 0 aliphatic heterocycles. The molecule has 0 heterocycles. The zero-order valence-corrected chi connectivity index (χ0v) is 19.2. The van der Waals surface area contributed by atoms with Crippen molar-refractivity contribution in [3.63, 3.8) is 0 Å². The molecule has 0 spiro atoms. The lowest BCUT2D eigenvalue weighted by Gasteiger charge is -2.22. The Kier molecular flexibility index (Phi) is 6.93. The molecule has 1 N–H and O–H groups in total. The maximum Gasteiger partial charge on any atom is 0.243 e. The maximum atomic E-state index is 13.4. The summed E-state index contributed by atoms with van der Waals surface area (Å²) in [6.07, 6.45) is 0. The van der Waals surface area contributed by atoms with E-state index in [0.29, 0.717) is 5.69 Å². The van der Waals surface area contributed by atoms with Gasteiger partial charge >= 0.3 is 0 Å². The van der Waals surface area contributed by atoms with Gasteiger partial charge < -0.3 is 5.32 Å². The Morgan fingerprint density at radius 3 is 2.06 bits per heavy atom. The molecule has 0 saturated carbocycles. The number of carbonyl (C=O) groups is 1. The first kappa shape index (κ1) is 22.7. The van der Waals surface area contributed by atoms with Crippen molar-refractivity contribution >= 4 is 21.6 Å². The SMILES string of the molecule is Cc1ccc(S(=O)(=O)N(CC(=O)Nc2cc(C)cc(C)c2)Cc2cccc(C)c2)cc1. The molecule has 31 heavy (non-hydrogen) atoms. The normalized spacial score (nSPS) is 11.5. The number of carbonyl (C=O) groups excluding carboxylic acids is 1. The van der Waals surface area contributed by atoms with Crippen LogP contribution in [0.4, 0.5) is 5.69 Å². The second-order valence-electron chi connectivity index (χ2n) is 8.00. The van der Waals surface area contributed by atoms with Crippen LogP contribution in [0.15, 0.2) is 71.6 Å². The monoisotopic (exact) mass is 436 g/mol. The lowest BCUT2D eigenvalue weighted by molar-refractivity contribution is -0.116. The smallest absolute Gasteiger partial charge is 0.243 e. The summed E-state index contributed by atoms with van der Waals surface area (Å²) in [5, 5.41) is 2.84. The Morgan fingerprint density at radius 2 is 1.45 bits per heavy atom. The molecule has 0 radical (unpaired) electrons. The molecule has 0 aliphatic rings. The number of nitrogens with one attached hydrogen (secondary N) is 1. The quantitative estimate of drug-likeness (QED) is 0.581. The van der Waals surface area contributed by atoms with Crippen LogP contribution in [0.2, 0.25) is 0 Å². The van der Waals surface area contributed by atoms with E-state index in [1.165, 1.54) is 4.31 Å². The van der Waals surface area contributed by atoms with Crippen LogP contribution >= 0.6 is 0 Å². The number of nitrogens with zero attached hydrogens (tertiary/aromatic N) is 1. The van der Waals surface area contributed by atoms with Crippen LogP contribution in [-0.4, -0.2) is 25.2 Å². The average Bonchev–Trinajstić information content (AvgIpc) is 2.67. The highest BCUT2D eigenvalue weighted by Gasteiger charge is 2.27. The largest absolute Gasteiger partial charge is 0.325 e. The minimum Gasteiger partial charge on any atom is -0.325 e.